The first-order valence-electron chi connectivity index (χ1n) is 7.71. The topological polar surface area (TPSA) is 50.4 Å². The molecule has 0 spiro atoms. The molecule has 0 amide bonds. The van der Waals surface area contributed by atoms with Crippen molar-refractivity contribution in [1.82, 2.24) is 0 Å². The summed E-state index contributed by atoms with van der Waals surface area (Å²) < 4.78 is 5.91. The molecule has 0 saturated carbocycles. The van der Waals surface area contributed by atoms with Crippen LogP contribution in [-0.2, 0) is 6.42 Å². The van der Waals surface area contributed by atoms with Crippen molar-refractivity contribution in [2.24, 2.45) is 0 Å². The number of para-hydroxylation sites is 1. The molecule has 3 heteroatoms. The van der Waals surface area contributed by atoms with Gasteiger partial charge >= 0.3 is 0 Å². The van der Waals surface area contributed by atoms with Gasteiger partial charge in [0, 0.05) is 12.8 Å². The van der Waals surface area contributed by atoms with E-state index in [2.05, 4.69) is 12.1 Å². The molecule has 0 fully saturated rings. The van der Waals surface area contributed by atoms with Crippen LogP contribution in [-0.4, -0.2) is 10.9 Å². The second-order valence-corrected chi connectivity index (χ2v) is 5.90. The van der Waals surface area contributed by atoms with Crippen LogP contribution in [0.15, 0.2) is 65.1 Å². The molecule has 0 aliphatic heterocycles. The molecule has 23 heavy (non-hydrogen) atoms. The molecular weight excluding hydrogens is 288 g/mol. The zero-order valence-corrected chi connectivity index (χ0v) is 12.5. The number of phenols is 1. The van der Waals surface area contributed by atoms with Gasteiger partial charge in [-0.2, -0.15) is 0 Å². The molecule has 3 aromatic rings. The molecule has 1 aromatic heterocycles. The Kier molecular flexibility index (Phi) is 3.27. The molecule has 0 saturated heterocycles. The van der Waals surface area contributed by atoms with Gasteiger partial charge in [-0.25, -0.2) is 0 Å². The standard InChI is InChI=1S/C20H16O3/c21-17-9-5-4-8-15(17)20-12-16-18(22)10-14(11-19(16)23-20)13-6-2-1-3-7-13/h1-9,12,14,21H,10-11H2. The van der Waals surface area contributed by atoms with Crippen molar-refractivity contribution in [2.75, 3.05) is 0 Å². The normalized spacial score (nSPS) is 17.0. The number of benzene rings is 2. The highest BCUT2D eigenvalue weighted by Gasteiger charge is 2.30. The monoisotopic (exact) mass is 304 g/mol. The Morgan fingerprint density at radius 3 is 2.43 bits per heavy atom. The Hall–Kier alpha value is -2.81. The van der Waals surface area contributed by atoms with Crippen molar-refractivity contribution in [1.29, 1.82) is 0 Å². The summed E-state index contributed by atoms with van der Waals surface area (Å²) in [6.07, 6.45) is 1.20. The first-order chi connectivity index (χ1) is 11.2. The molecule has 0 bridgehead atoms. The third-order valence-electron chi connectivity index (χ3n) is 4.41. The summed E-state index contributed by atoms with van der Waals surface area (Å²) in [5.41, 5.74) is 2.42. The maximum absolute atomic E-state index is 12.5. The molecule has 1 unspecified atom stereocenters. The first-order valence-corrected chi connectivity index (χ1v) is 7.71. The van der Waals surface area contributed by atoms with E-state index in [4.69, 9.17) is 4.42 Å². The Morgan fingerprint density at radius 2 is 1.65 bits per heavy atom. The number of phenolic OH excluding ortho intramolecular Hbond substituents is 1. The smallest absolute Gasteiger partial charge is 0.167 e. The van der Waals surface area contributed by atoms with Crippen LogP contribution in [0.4, 0.5) is 0 Å². The molecule has 1 N–H and O–H groups in total. The number of fused-ring (bicyclic) bond motifs is 1. The van der Waals surface area contributed by atoms with E-state index in [0.29, 0.717) is 35.5 Å². The number of hydrogen-bond acceptors (Lipinski definition) is 3. The fourth-order valence-corrected chi connectivity index (χ4v) is 3.22. The third kappa shape index (κ3) is 2.44. The van der Waals surface area contributed by atoms with Crippen molar-refractivity contribution >= 4 is 5.78 Å². The summed E-state index contributed by atoms with van der Waals surface area (Å²) in [5, 5.41) is 9.98. The van der Waals surface area contributed by atoms with E-state index >= 15 is 0 Å². The number of aromatic hydroxyl groups is 1. The van der Waals surface area contributed by atoms with E-state index in [1.807, 2.05) is 24.3 Å². The summed E-state index contributed by atoms with van der Waals surface area (Å²) >= 11 is 0. The summed E-state index contributed by atoms with van der Waals surface area (Å²) in [7, 11) is 0. The fraction of sp³-hybridized carbons (Fsp3) is 0.150. The maximum Gasteiger partial charge on any atom is 0.167 e. The van der Waals surface area contributed by atoms with E-state index < -0.39 is 0 Å². The number of carbonyl (C=O) groups excluding carboxylic acids is 1. The maximum atomic E-state index is 12.5. The Bertz CT molecular complexity index is 862. The minimum Gasteiger partial charge on any atom is -0.507 e. The van der Waals surface area contributed by atoms with Gasteiger partial charge < -0.3 is 9.52 Å². The van der Waals surface area contributed by atoms with Crippen molar-refractivity contribution in [3.05, 3.63) is 77.6 Å². The van der Waals surface area contributed by atoms with Gasteiger partial charge in [0.25, 0.3) is 0 Å². The van der Waals surface area contributed by atoms with E-state index in [1.54, 1.807) is 24.3 Å². The molecule has 114 valence electrons. The summed E-state index contributed by atoms with van der Waals surface area (Å²) in [5.74, 6) is 1.68. The predicted molar refractivity (Wildman–Crippen MR) is 87.6 cm³/mol. The minimum absolute atomic E-state index is 0.102. The Balaban J connectivity index is 1.72. The van der Waals surface area contributed by atoms with Crippen LogP contribution >= 0.6 is 0 Å². The van der Waals surface area contributed by atoms with Gasteiger partial charge in [-0.05, 0) is 29.7 Å². The largest absolute Gasteiger partial charge is 0.507 e. The molecule has 1 heterocycles. The van der Waals surface area contributed by atoms with Crippen molar-refractivity contribution in [3.63, 3.8) is 0 Å². The molecule has 0 radical (unpaired) electrons. The van der Waals surface area contributed by atoms with Crippen molar-refractivity contribution < 1.29 is 14.3 Å². The summed E-state index contributed by atoms with van der Waals surface area (Å²) in [4.78, 5) is 12.5. The quantitative estimate of drug-likeness (QED) is 0.754. The van der Waals surface area contributed by atoms with E-state index in [1.165, 1.54) is 0 Å². The average molecular weight is 304 g/mol. The number of rotatable bonds is 2. The summed E-state index contributed by atoms with van der Waals surface area (Å²) in [6, 6.07) is 18.8. The number of Topliss-reactive ketones (excluding diaryl/α,β-unsaturated/α-hetero) is 1. The van der Waals surface area contributed by atoms with Gasteiger partial charge in [0.15, 0.2) is 5.78 Å². The zero-order valence-electron chi connectivity index (χ0n) is 12.5. The molecule has 4 rings (SSSR count). The lowest BCUT2D eigenvalue weighted by atomic mass is 9.83. The highest BCUT2D eigenvalue weighted by atomic mass is 16.3. The third-order valence-corrected chi connectivity index (χ3v) is 4.41. The molecule has 1 atom stereocenters. The molecule has 3 nitrogen and oxygen atoms in total. The lowest BCUT2D eigenvalue weighted by Crippen LogP contribution is -2.17. The number of hydrogen-bond donors (Lipinski definition) is 1. The minimum atomic E-state index is 0.102. The van der Waals surface area contributed by atoms with Crippen LogP contribution in [0.25, 0.3) is 11.3 Å². The van der Waals surface area contributed by atoms with E-state index in [-0.39, 0.29) is 17.5 Å². The fourth-order valence-electron chi connectivity index (χ4n) is 3.22. The Morgan fingerprint density at radius 1 is 0.913 bits per heavy atom. The SMILES string of the molecule is O=C1CC(c2ccccc2)Cc2oc(-c3ccccc3O)cc21. The zero-order chi connectivity index (χ0) is 15.8. The molecular formula is C20H16O3. The van der Waals surface area contributed by atoms with Crippen LogP contribution in [0.5, 0.6) is 5.75 Å². The van der Waals surface area contributed by atoms with Crippen LogP contribution in [0.2, 0.25) is 0 Å². The van der Waals surface area contributed by atoms with Gasteiger partial charge in [0.05, 0.1) is 11.1 Å². The highest BCUT2D eigenvalue weighted by molar-refractivity contribution is 5.99. The van der Waals surface area contributed by atoms with E-state index in [0.717, 1.165) is 5.56 Å². The van der Waals surface area contributed by atoms with Gasteiger partial charge in [-0.1, -0.05) is 42.5 Å². The first kappa shape index (κ1) is 13.8. The van der Waals surface area contributed by atoms with Gasteiger partial charge in [0.1, 0.15) is 17.3 Å². The molecule has 2 aromatic carbocycles. The van der Waals surface area contributed by atoms with Crippen LogP contribution in [0.3, 0.4) is 0 Å². The van der Waals surface area contributed by atoms with Crippen LogP contribution < -0.4 is 0 Å². The van der Waals surface area contributed by atoms with E-state index in [9.17, 15) is 9.90 Å². The van der Waals surface area contributed by atoms with Gasteiger partial charge in [0.2, 0.25) is 0 Å². The number of furan rings is 1. The summed E-state index contributed by atoms with van der Waals surface area (Å²) in [6.45, 7) is 0. The van der Waals surface area contributed by atoms with Crippen molar-refractivity contribution in [3.8, 4) is 17.1 Å². The molecule has 1 aliphatic carbocycles. The Labute approximate surface area is 134 Å². The van der Waals surface area contributed by atoms with Crippen LogP contribution in [0, 0.1) is 0 Å². The van der Waals surface area contributed by atoms with Gasteiger partial charge in [-0.3, -0.25) is 4.79 Å². The predicted octanol–water partition coefficient (Wildman–Crippen LogP) is 4.56. The van der Waals surface area contributed by atoms with Gasteiger partial charge in [-0.15, -0.1) is 0 Å². The van der Waals surface area contributed by atoms with Crippen molar-refractivity contribution in [2.45, 2.75) is 18.8 Å². The number of carbonyl (C=O) groups is 1. The second-order valence-electron chi connectivity index (χ2n) is 5.90. The lowest BCUT2D eigenvalue weighted by Gasteiger charge is -2.20. The average Bonchev–Trinajstić information content (AvgIpc) is 3.00. The molecule has 1 aliphatic rings. The highest BCUT2D eigenvalue weighted by Crippen LogP contribution is 2.38. The number of ketones is 1. The second kappa shape index (κ2) is 5.43. The lowest BCUT2D eigenvalue weighted by molar-refractivity contribution is 0.0960. The van der Waals surface area contributed by atoms with Crippen LogP contribution in [0.1, 0.15) is 34.0 Å².